The number of fused-ring (bicyclic) bond motifs is 7. The summed E-state index contributed by atoms with van der Waals surface area (Å²) >= 11 is 0. The van der Waals surface area contributed by atoms with Gasteiger partial charge >= 0.3 is 0 Å². The highest BCUT2D eigenvalue weighted by Gasteiger charge is 2.72. The van der Waals surface area contributed by atoms with Crippen LogP contribution >= 0.6 is 0 Å². The van der Waals surface area contributed by atoms with Gasteiger partial charge in [0.15, 0.2) is 18.9 Å². The van der Waals surface area contributed by atoms with E-state index < -0.39 is 139 Å². The molecule has 0 amide bonds. The second kappa shape index (κ2) is 19.0. The minimum atomic E-state index is -1.90. The minimum absolute atomic E-state index is 0.0241. The van der Waals surface area contributed by atoms with Crippen LogP contribution in [0, 0.1) is 50.2 Å². The Morgan fingerprint density at radius 3 is 1.75 bits per heavy atom. The first-order valence-electron chi connectivity index (χ1n) is 24.9. The number of aliphatic hydroxyl groups is 12. The summed E-state index contributed by atoms with van der Waals surface area (Å²) in [4.78, 5) is 0. The summed E-state index contributed by atoms with van der Waals surface area (Å²) in [7, 11) is 1.74. The molecule has 0 spiro atoms. The lowest BCUT2D eigenvalue weighted by Gasteiger charge is -2.73. The summed E-state index contributed by atoms with van der Waals surface area (Å²) in [5.74, 6) is -0.255. The maximum atomic E-state index is 12.2. The van der Waals surface area contributed by atoms with Crippen LogP contribution in [-0.4, -0.2) is 205 Å². The van der Waals surface area contributed by atoms with Crippen molar-refractivity contribution < 1.29 is 94.4 Å². The number of ether oxygens (including phenoxy) is 7. The number of hydrogen-bond donors (Lipinski definition) is 12. The minimum Gasteiger partial charge on any atom is -0.396 e. The van der Waals surface area contributed by atoms with Gasteiger partial charge in [0.2, 0.25) is 0 Å². The van der Waals surface area contributed by atoms with Crippen LogP contribution < -0.4 is 0 Å². The lowest BCUT2D eigenvalue weighted by Crippen LogP contribution is -2.70. The summed E-state index contributed by atoms with van der Waals surface area (Å²) in [5.41, 5.74) is -1.53. The van der Waals surface area contributed by atoms with Crippen LogP contribution in [0.5, 0.6) is 0 Å². The van der Waals surface area contributed by atoms with Crippen LogP contribution in [0.3, 0.4) is 0 Å². The number of hydrogen-bond acceptors (Lipinski definition) is 19. The third kappa shape index (κ3) is 8.12. The van der Waals surface area contributed by atoms with E-state index in [1.54, 1.807) is 7.11 Å². The molecular formula is C49H82O19. The second-order valence-electron chi connectivity index (χ2n) is 23.8. The summed E-state index contributed by atoms with van der Waals surface area (Å²) < 4.78 is 43.8. The van der Waals surface area contributed by atoms with Crippen molar-refractivity contribution in [3.8, 4) is 0 Å². The molecule has 3 aliphatic heterocycles. The Morgan fingerprint density at radius 2 is 1.21 bits per heavy atom. The first-order chi connectivity index (χ1) is 31.9. The van der Waals surface area contributed by atoms with E-state index in [0.29, 0.717) is 25.7 Å². The summed E-state index contributed by atoms with van der Waals surface area (Å²) in [5, 5.41) is 131. The maximum Gasteiger partial charge on any atom is 0.187 e. The molecule has 68 heavy (non-hydrogen) atoms. The van der Waals surface area contributed by atoms with Crippen LogP contribution in [0.1, 0.15) is 99.8 Å². The van der Waals surface area contributed by atoms with Gasteiger partial charge in [0.1, 0.15) is 67.1 Å². The Labute approximate surface area is 399 Å². The first-order valence-corrected chi connectivity index (χ1v) is 24.9. The van der Waals surface area contributed by atoms with Crippen molar-refractivity contribution in [2.75, 3.05) is 33.5 Å². The number of rotatable bonds is 11. The van der Waals surface area contributed by atoms with Crippen molar-refractivity contribution >= 4 is 0 Å². The quantitative estimate of drug-likeness (QED) is 0.0892. The van der Waals surface area contributed by atoms with Crippen LogP contribution in [0.25, 0.3) is 0 Å². The monoisotopic (exact) mass is 975 g/mol. The van der Waals surface area contributed by atoms with E-state index in [-0.39, 0.29) is 47.9 Å². The molecule has 26 atom stereocenters. The largest absolute Gasteiger partial charge is 0.396 e. The Balaban J connectivity index is 1.13. The molecule has 4 saturated carbocycles. The fourth-order valence-electron chi connectivity index (χ4n) is 15.5. The molecule has 0 aromatic rings. The van der Waals surface area contributed by atoms with E-state index in [9.17, 15) is 61.3 Å². The molecule has 19 nitrogen and oxygen atoms in total. The van der Waals surface area contributed by atoms with Crippen molar-refractivity contribution in [2.24, 2.45) is 50.2 Å². The van der Waals surface area contributed by atoms with Crippen LogP contribution in [0.2, 0.25) is 0 Å². The van der Waals surface area contributed by atoms with Crippen LogP contribution in [0.4, 0.5) is 0 Å². The standard InChI is InChI=1S/C49H82O19/c1-22-31(55)38(67-41-36(60)34(58)32(56)26(18-50)64-41)39(68-42-37(61)35(59)33(57)27(19-51)65-42)43(63-22)66-30-10-11-45(4)28(46(30,5)20-52)9-12-47(6)40(45)25(62-8)15-23-24-16-44(2,3)13-14-49(24,21-53)29(54)17-48(23,47)7/h15,22,24-43,50-61H,9-14,16-21H2,1-8H3/t22-,24+,25+,26-,27-,28-,29-,30+,31+,32-,33-,34+,35+,36-,37-,38+,39-,40-,41+,42+,43+,45+,46+,47-,48-,49-/m1/s1. The predicted octanol–water partition coefficient (Wildman–Crippen LogP) is -0.790. The third-order valence-corrected chi connectivity index (χ3v) is 19.8. The highest BCUT2D eigenvalue weighted by atomic mass is 16.8. The molecular weight excluding hydrogens is 893 g/mol. The van der Waals surface area contributed by atoms with Crippen molar-refractivity contribution in [3.63, 3.8) is 0 Å². The summed E-state index contributed by atoms with van der Waals surface area (Å²) in [6.07, 6.45) is -18.5. The molecule has 8 rings (SSSR count). The molecule has 3 saturated heterocycles. The molecule has 392 valence electrons. The Hall–Kier alpha value is -1.02. The molecule has 0 radical (unpaired) electrons. The first kappa shape index (κ1) is 53.3. The SMILES string of the molecule is CO[C@H]1C=C2[C@@H]3CC(C)(C)CC[C@]3(CO)[C@H](O)C[C@@]2(C)[C@]2(C)CC[C@H]3[C@](C)(CO)[C@@H](O[C@@H]4O[C@H](C)[C@H](O)[C@H](O[C@@H]5O[C@H](CO)[C@@H](O)[C@H](O)[C@H]5O)[C@H]4O[C@@H]4O[C@H](CO)[C@@H](O)[C@H](O)[C@H]4O)CC[C@]3(C)[C@@H]12. The zero-order valence-corrected chi connectivity index (χ0v) is 40.9. The zero-order valence-electron chi connectivity index (χ0n) is 40.9. The average Bonchev–Trinajstić information content (AvgIpc) is 3.30. The maximum absolute atomic E-state index is 12.2. The van der Waals surface area contributed by atoms with E-state index in [1.165, 1.54) is 12.5 Å². The van der Waals surface area contributed by atoms with E-state index in [0.717, 1.165) is 25.7 Å². The number of aliphatic hydroxyl groups excluding tert-OH is 12. The molecule has 3 heterocycles. The molecule has 19 heteroatoms. The van der Waals surface area contributed by atoms with E-state index in [4.69, 9.17) is 33.2 Å². The summed E-state index contributed by atoms with van der Waals surface area (Å²) in [6.45, 7) is 13.1. The van der Waals surface area contributed by atoms with Crippen molar-refractivity contribution in [1.29, 1.82) is 0 Å². The van der Waals surface area contributed by atoms with E-state index >= 15 is 0 Å². The lowest BCUT2D eigenvalue weighted by molar-refractivity contribution is -0.398. The molecule has 8 aliphatic rings. The van der Waals surface area contributed by atoms with Crippen molar-refractivity contribution in [2.45, 2.75) is 210 Å². The topological polar surface area (TPSA) is 307 Å². The van der Waals surface area contributed by atoms with E-state index in [1.807, 2.05) is 6.92 Å². The van der Waals surface area contributed by atoms with Gasteiger partial charge < -0.3 is 94.4 Å². The molecule has 12 N–H and O–H groups in total. The molecule has 7 fully saturated rings. The van der Waals surface area contributed by atoms with Gasteiger partial charge in [0.05, 0.1) is 50.8 Å². The van der Waals surface area contributed by atoms with Gasteiger partial charge in [-0.25, -0.2) is 0 Å². The number of allylic oxidation sites excluding steroid dienone is 1. The fourth-order valence-corrected chi connectivity index (χ4v) is 15.5. The van der Waals surface area contributed by atoms with Crippen LogP contribution in [-0.2, 0) is 33.2 Å². The molecule has 0 unspecified atom stereocenters. The van der Waals surface area contributed by atoms with Crippen molar-refractivity contribution in [3.05, 3.63) is 11.6 Å². The van der Waals surface area contributed by atoms with Gasteiger partial charge in [-0.1, -0.05) is 53.2 Å². The Bertz CT molecular complexity index is 1800. The van der Waals surface area contributed by atoms with Gasteiger partial charge in [-0.3, -0.25) is 0 Å². The second-order valence-corrected chi connectivity index (χ2v) is 23.8. The zero-order chi connectivity index (χ0) is 49.8. The predicted molar refractivity (Wildman–Crippen MR) is 238 cm³/mol. The van der Waals surface area contributed by atoms with Gasteiger partial charge in [-0.05, 0) is 91.8 Å². The van der Waals surface area contributed by atoms with Gasteiger partial charge in [0, 0.05) is 23.9 Å². The smallest absolute Gasteiger partial charge is 0.187 e. The Morgan fingerprint density at radius 1 is 0.618 bits per heavy atom. The summed E-state index contributed by atoms with van der Waals surface area (Å²) in [6, 6.07) is 0. The molecule has 0 aromatic carbocycles. The van der Waals surface area contributed by atoms with Crippen LogP contribution in [0.15, 0.2) is 11.6 Å². The molecule has 0 bridgehead atoms. The fraction of sp³-hybridized carbons (Fsp3) is 0.959. The highest BCUT2D eigenvalue weighted by molar-refractivity contribution is 5.37. The van der Waals surface area contributed by atoms with Gasteiger partial charge in [-0.2, -0.15) is 0 Å². The van der Waals surface area contributed by atoms with Gasteiger partial charge in [-0.15, -0.1) is 0 Å². The lowest BCUT2D eigenvalue weighted by atomic mass is 9.32. The highest BCUT2D eigenvalue weighted by Crippen LogP contribution is 2.76. The van der Waals surface area contributed by atoms with E-state index in [2.05, 4.69) is 40.7 Å². The third-order valence-electron chi connectivity index (χ3n) is 19.8. The van der Waals surface area contributed by atoms with Crippen molar-refractivity contribution in [1.82, 2.24) is 0 Å². The number of methoxy groups -OCH3 is 1. The van der Waals surface area contributed by atoms with Gasteiger partial charge in [0.25, 0.3) is 0 Å². The molecule has 0 aromatic heterocycles. The molecule has 5 aliphatic carbocycles. The average molecular weight is 975 g/mol. The Kier molecular flexibility index (Phi) is 14.9. The normalized spacial score (nSPS) is 55.8.